The van der Waals surface area contributed by atoms with Crippen LogP contribution in [0, 0.1) is 5.92 Å². The summed E-state index contributed by atoms with van der Waals surface area (Å²) in [5.74, 6) is 0.292. The lowest BCUT2D eigenvalue weighted by Gasteiger charge is -2.38. The molecule has 0 bridgehead atoms. The molecule has 124 valence electrons. The number of anilines is 1. The fourth-order valence-corrected chi connectivity index (χ4v) is 2.81. The summed E-state index contributed by atoms with van der Waals surface area (Å²) in [5.41, 5.74) is -0.0651. The highest BCUT2D eigenvalue weighted by Gasteiger charge is 2.36. The maximum atomic E-state index is 12.8. The molecule has 2 N–H and O–H groups in total. The summed E-state index contributed by atoms with van der Waals surface area (Å²) >= 11 is 0. The molecular weight excluding hydrogens is 309 g/mol. The molecule has 1 fully saturated rings. The van der Waals surface area contributed by atoms with Gasteiger partial charge < -0.3 is 10.4 Å². The van der Waals surface area contributed by atoms with Crippen molar-refractivity contribution in [1.29, 1.82) is 0 Å². The topological polar surface area (TPSA) is 63.0 Å². The highest BCUT2D eigenvalue weighted by molar-refractivity contribution is 5.39. The van der Waals surface area contributed by atoms with E-state index < -0.39 is 11.9 Å². The van der Waals surface area contributed by atoms with Crippen molar-refractivity contribution in [2.75, 3.05) is 5.32 Å². The predicted octanol–water partition coefficient (Wildman–Crippen LogP) is 2.76. The van der Waals surface area contributed by atoms with Gasteiger partial charge in [0.05, 0.1) is 18.3 Å². The minimum atomic E-state index is -4.48. The van der Waals surface area contributed by atoms with Crippen LogP contribution in [0.5, 0.6) is 0 Å². The number of alkyl halides is 3. The first kappa shape index (κ1) is 15.8. The van der Waals surface area contributed by atoms with Gasteiger partial charge in [-0.05, 0) is 30.9 Å². The van der Waals surface area contributed by atoms with Gasteiger partial charge in [0.15, 0.2) is 0 Å². The van der Waals surface area contributed by atoms with E-state index in [1.165, 1.54) is 12.1 Å². The maximum Gasteiger partial charge on any atom is 0.433 e. The minimum Gasteiger partial charge on any atom is -0.393 e. The molecule has 0 radical (unpaired) electrons. The zero-order chi connectivity index (χ0) is 16.6. The van der Waals surface area contributed by atoms with E-state index in [0.29, 0.717) is 12.8 Å². The Morgan fingerprint density at radius 2 is 2.09 bits per heavy atom. The minimum absolute atomic E-state index is 0.130. The molecular formula is C15H17F3N4O. The number of aliphatic hydroxyl groups is 1. The van der Waals surface area contributed by atoms with E-state index >= 15 is 0 Å². The van der Waals surface area contributed by atoms with E-state index in [1.807, 2.05) is 6.20 Å². The first-order chi connectivity index (χ1) is 10.8. The first-order valence-electron chi connectivity index (χ1n) is 7.30. The van der Waals surface area contributed by atoms with Gasteiger partial charge in [0, 0.05) is 18.8 Å². The van der Waals surface area contributed by atoms with E-state index in [1.54, 1.807) is 17.9 Å². The van der Waals surface area contributed by atoms with E-state index in [9.17, 15) is 18.3 Å². The van der Waals surface area contributed by atoms with Gasteiger partial charge in [-0.1, -0.05) is 6.07 Å². The van der Waals surface area contributed by atoms with Crippen LogP contribution in [0.4, 0.5) is 19.0 Å². The number of hydrogen-bond acceptors (Lipinski definition) is 4. The third-order valence-corrected chi connectivity index (χ3v) is 4.05. The molecule has 0 amide bonds. The van der Waals surface area contributed by atoms with Crippen LogP contribution in [0.15, 0.2) is 30.6 Å². The second-order valence-electron chi connectivity index (χ2n) is 5.86. The van der Waals surface area contributed by atoms with Crippen LogP contribution in [0.3, 0.4) is 0 Å². The maximum absolute atomic E-state index is 12.8. The SMILES string of the molecule is Cn1cc([C@H](Nc2cccc(C(F)(F)F)n2)C2CC(O)C2)cn1. The molecule has 2 heterocycles. The number of aliphatic hydroxyl groups excluding tert-OH is 1. The summed E-state index contributed by atoms with van der Waals surface area (Å²) in [7, 11) is 1.78. The molecule has 0 aromatic carbocycles. The Bertz CT molecular complexity index is 679. The molecule has 0 saturated heterocycles. The van der Waals surface area contributed by atoms with E-state index in [-0.39, 0.29) is 23.9 Å². The van der Waals surface area contributed by atoms with Crippen LogP contribution in [0.1, 0.15) is 30.1 Å². The summed E-state index contributed by atoms with van der Waals surface area (Å²) < 4.78 is 40.0. The van der Waals surface area contributed by atoms with Crippen molar-refractivity contribution in [1.82, 2.24) is 14.8 Å². The van der Waals surface area contributed by atoms with Crippen LogP contribution in [-0.4, -0.2) is 26.0 Å². The van der Waals surface area contributed by atoms with Gasteiger partial charge in [0.1, 0.15) is 11.5 Å². The highest BCUT2D eigenvalue weighted by atomic mass is 19.4. The second-order valence-corrected chi connectivity index (χ2v) is 5.86. The first-order valence-corrected chi connectivity index (χ1v) is 7.30. The molecule has 0 aliphatic heterocycles. The Morgan fingerprint density at radius 3 is 2.65 bits per heavy atom. The number of pyridine rings is 1. The summed E-state index contributed by atoms with van der Waals surface area (Å²) in [6.07, 6.45) is -0.132. The number of nitrogens with zero attached hydrogens (tertiary/aromatic N) is 3. The zero-order valence-electron chi connectivity index (χ0n) is 12.5. The van der Waals surface area contributed by atoms with Crippen LogP contribution < -0.4 is 5.32 Å². The van der Waals surface area contributed by atoms with Crippen LogP contribution in [0.2, 0.25) is 0 Å². The van der Waals surface area contributed by atoms with Crippen LogP contribution in [0.25, 0.3) is 0 Å². The third-order valence-electron chi connectivity index (χ3n) is 4.05. The van der Waals surface area contributed by atoms with E-state index in [0.717, 1.165) is 11.6 Å². The molecule has 1 atom stereocenters. The van der Waals surface area contributed by atoms with Gasteiger partial charge in [0.25, 0.3) is 0 Å². The van der Waals surface area contributed by atoms with E-state index in [2.05, 4.69) is 15.4 Å². The number of hydrogen-bond donors (Lipinski definition) is 2. The van der Waals surface area contributed by atoms with Crippen molar-refractivity contribution in [3.63, 3.8) is 0 Å². The summed E-state index contributed by atoms with van der Waals surface area (Å²) in [4.78, 5) is 3.65. The van der Waals surface area contributed by atoms with Gasteiger partial charge in [-0.2, -0.15) is 18.3 Å². The lowest BCUT2D eigenvalue weighted by molar-refractivity contribution is -0.141. The van der Waals surface area contributed by atoms with Crippen molar-refractivity contribution in [2.45, 2.75) is 31.2 Å². The molecule has 1 saturated carbocycles. The monoisotopic (exact) mass is 326 g/mol. The van der Waals surface area contributed by atoms with Crippen LogP contribution in [-0.2, 0) is 13.2 Å². The van der Waals surface area contributed by atoms with Gasteiger partial charge in [-0.25, -0.2) is 4.98 Å². The van der Waals surface area contributed by atoms with Gasteiger partial charge in [-0.3, -0.25) is 4.68 Å². The number of aryl methyl sites for hydroxylation is 1. The van der Waals surface area contributed by atoms with Crippen LogP contribution >= 0.6 is 0 Å². The Labute approximate surface area is 131 Å². The Morgan fingerprint density at radius 1 is 1.35 bits per heavy atom. The van der Waals surface area contributed by atoms with Crippen molar-refractivity contribution in [2.24, 2.45) is 13.0 Å². The normalized spacial score (nSPS) is 22.5. The molecule has 0 unspecified atom stereocenters. The number of aromatic nitrogens is 3. The van der Waals surface area contributed by atoms with Gasteiger partial charge in [-0.15, -0.1) is 0 Å². The fourth-order valence-electron chi connectivity index (χ4n) is 2.81. The predicted molar refractivity (Wildman–Crippen MR) is 77.5 cm³/mol. The number of nitrogens with one attached hydrogen (secondary N) is 1. The molecule has 2 aromatic rings. The molecule has 23 heavy (non-hydrogen) atoms. The largest absolute Gasteiger partial charge is 0.433 e. The van der Waals surface area contributed by atoms with Crippen molar-refractivity contribution in [3.8, 4) is 0 Å². The summed E-state index contributed by atoms with van der Waals surface area (Å²) in [6, 6.07) is 3.54. The summed E-state index contributed by atoms with van der Waals surface area (Å²) in [5, 5.41) is 16.7. The molecule has 2 aromatic heterocycles. The molecule has 1 aliphatic rings. The van der Waals surface area contributed by atoms with Gasteiger partial charge in [0.2, 0.25) is 0 Å². The smallest absolute Gasteiger partial charge is 0.393 e. The number of rotatable bonds is 4. The summed E-state index contributed by atoms with van der Waals surface area (Å²) in [6.45, 7) is 0. The Hall–Kier alpha value is -2.09. The molecule has 8 heteroatoms. The zero-order valence-corrected chi connectivity index (χ0v) is 12.5. The lowest BCUT2D eigenvalue weighted by atomic mass is 9.75. The second kappa shape index (κ2) is 5.84. The standard InChI is InChI=1S/C15H17F3N4O/c1-22-8-10(7-19-22)14(9-5-11(23)6-9)21-13-4-2-3-12(20-13)15(16,17)18/h2-4,7-9,11,14,23H,5-6H2,1H3,(H,20,21)/t9?,11?,14-/m1/s1. The fraction of sp³-hybridized carbons (Fsp3) is 0.467. The Kier molecular flexibility index (Phi) is 4.01. The van der Waals surface area contributed by atoms with Gasteiger partial charge >= 0.3 is 6.18 Å². The molecule has 1 aliphatic carbocycles. The molecule has 0 spiro atoms. The quantitative estimate of drug-likeness (QED) is 0.907. The highest BCUT2D eigenvalue weighted by Crippen LogP contribution is 2.40. The number of halogens is 3. The molecule has 3 rings (SSSR count). The molecule has 5 nitrogen and oxygen atoms in total. The third kappa shape index (κ3) is 3.47. The van der Waals surface area contributed by atoms with Crippen molar-refractivity contribution in [3.05, 3.63) is 41.9 Å². The average molecular weight is 326 g/mol. The van der Waals surface area contributed by atoms with E-state index in [4.69, 9.17) is 0 Å². The van der Waals surface area contributed by atoms with Crippen molar-refractivity contribution < 1.29 is 18.3 Å². The Balaban J connectivity index is 1.84. The van der Waals surface area contributed by atoms with Crippen molar-refractivity contribution >= 4 is 5.82 Å². The lowest BCUT2D eigenvalue weighted by Crippen LogP contribution is -2.36. The average Bonchev–Trinajstić information content (AvgIpc) is 2.88.